The summed E-state index contributed by atoms with van der Waals surface area (Å²) in [6.07, 6.45) is 0.637. The number of anilines is 1. The number of nitrogens with zero attached hydrogens (tertiary/aromatic N) is 3. The first kappa shape index (κ1) is 27.8. The van der Waals surface area contributed by atoms with Crippen molar-refractivity contribution in [3.63, 3.8) is 0 Å². The average molecular weight is 620 g/mol. The van der Waals surface area contributed by atoms with Gasteiger partial charge in [0, 0.05) is 22.2 Å². The molecule has 0 unspecified atom stereocenters. The zero-order valence-corrected chi connectivity index (χ0v) is 23.8. The van der Waals surface area contributed by atoms with Crippen LogP contribution in [0.1, 0.15) is 42.5 Å². The molecule has 1 atom stereocenters. The fourth-order valence-corrected chi connectivity index (χ4v) is 4.91. The van der Waals surface area contributed by atoms with Gasteiger partial charge in [-0.2, -0.15) is 0 Å². The molecule has 0 aliphatic rings. The number of nitrogens with one attached hydrogen (secondary N) is 2. The molecule has 186 valence electrons. The first-order valence-electron chi connectivity index (χ1n) is 10.6. The Kier molecular flexibility index (Phi) is 9.89. The monoisotopic (exact) mass is 617 g/mol. The Morgan fingerprint density at radius 1 is 1.09 bits per heavy atom. The van der Waals surface area contributed by atoms with Gasteiger partial charge in [0.2, 0.25) is 5.91 Å². The first-order chi connectivity index (χ1) is 16.5. The number of thioether (sulfide) groups is 1. The highest BCUT2D eigenvalue weighted by molar-refractivity contribution is 9.10. The zero-order valence-electron chi connectivity index (χ0n) is 19.1. The molecule has 1 heterocycles. The van der Waals surface area contributed by atoms with Crippen LogP contribution in [0.3, 0.4) is 0 Å². The van der Waals surface area contributed by atoms with E-state index in [0.29, 0.717) is 38.7 Å². The van der Waals surface area contributed by atoms with Gasteiger partial charge in [-0.05, 0) is 64.7 Å². The van der Waals surface area contributed by atoms with E-state index in [1.165, 1.54) is 17.8 Å². The van der Waals surface area contributed by atoms with E-state index in [0.717, 1.165) is 4.47 Å². The van der Waals surface area contributed by atoms with E-state index in [4.69, 9.17) is 34.8 Å². The summed E-state index contributed by atoms with van der Waals surface area (Å²) in [6, 6.07) is 9.51. The SMILES string of the molecule is CC(C)C[C@@H](NC(=O)c1ccc(Cl)cc1Cl)c1nnc(SCC(=O)Nc2ccc(Br)c(Cl)c2)n1C. The van der Waals surface area contributed by atoms with E-state index in [1.54, 1.807) is 41.9 Å². The lowest BCUT2D eigenvalue weighted by molar-refractivity contribution is -0.113. The van der Waals surface area contributed by atoms with E-state index < -0.39 is 6.04 Å². The summed E-state index contributed by atoms with van der Waals surface area (Å²) in [5, 5.41) is 16.1. The number of hydrogen-bond acceptors (Lipinski definition) is 5. The van der Waals surface area contributed by atoms with Crippen LogP contribution in [0.4, 0.5) is 5.69 Å². The molecule has 0 saturated carbocycles. The Labute approximate surface area is 231 Å². The number of rotatable bonds is 9. The molecule has 2 N–H and O–H groups in total. The van der Waals surface area contributed by atoms with Crippen LogP contribution in [-0.2, 0) is 11.8 Å². The van der Waals surface area contributed by atoms with Crippen molar-refractivity contribution < 1.29 is 9.59 Å². The molecule has 7 nitrogen and oxygen atoms in total. The van der Waals surface area contributed by atoms with Crippen molar-refractivity contribution in [3.05, 3.63) is 67.3 Å². The summed E-state index contributed by atoms with van der Waals surface area (Å²) >= 11 is 22.8. The summed E-state index contributed by atoms with van der Waals surface area (Å²) in [7, 11) is 1.80. The number of carbonyl (C=O) groups is 2. The lowest BCUT2D eigenvalue weighted by Gasteiger charge is -2.20. The van der Waals surface area contributed by atoms with E-state index in [1.807, 2.05) is 0 Å². The summed E-state index contributed by atoms with van der Waals surface area (Å²) in [5.41, 5.74) is 0.925. The standard InChI is InChI=1S/C23H23BrCl3N5O2S/c1-12(2)8-19(29-22(34)15-6-4-13(25)9-17(15)26)21-30-31-23(32(21)3)35-11-20(33)28-14-5-7-16(24)18(27)10-14/h4-7,9-10,12,19H,8,11H2,1-3H3,(H,28,33)(H,29,34)/t19-/m1/s1. The minimum Gasteiger partial charge on any atom is -0.342 e. The number of halogens is 4. The normalized spacial score (nSPS) is 12.0. The first-order valence-corrected chi connectivity index (χ1v) is 13.5. The fourth-order valence-electron chi connectivity index (χ4n) is 3.27. The van der Waals surface area contributed by atoms with Gasteiger partial charge in [-0.15, -0.1) is 10.2 Å². The Hall–Kier alpha value is -1.78. The fraction of sp³-hybridized carbons (Fsp3) is 0.304. The Bertz CT molecular complexity index is 1240. The third-order valence-electron chi connectivity index (χ3n) is 4.90. The van der Waals surface area contributed by atoms with E-state index in [9.17, 15) is 9.59 Å². The van der Waals surface area contributed by atoms with Crippen molar-refractivity contribution in [1.82, 2.24) is 20.1 Å². The van der Waals surface area contributed by atoms with Crippen LogP contribution in [0.25, 0.3) is 0 Å². The lowest BCUT2D eigenvalue weighted by Crippen LogP contribution is -2.31. The van der Waals surface area contributed by atoms with Crippen molar-refractivity contribution in [2.24, 2.45) is 13.0 Å². The molecule has 0 radical (unpaired) electrons. The largest absolute Gasteiger partial charge is 0.342 e. The van der Waals surface area contributed by atoms with Crippen molar-refractivity contribution in [3.8, 4) is 0 Å². The number of aromatic nitrogens is 3. The van der Waals surface area contributed by atoms with Gasteiger partial charge in [0.15, 0.2) is 11.0 Å². The van der Waals surface area contributed by atoms with Gasteiger partial charge in [0.25, 0.3) is 5.91 Å². The Balaban J connectivity index is 1.69. The quantitative estimate of drug-likeness (QED) is 0.258. The maximum absolute atomic E-state index is 12.9. The highest BCUT2D eigenvalue weighted by Gasteiger charge is 2.24. The summed E-state index contributed by atoms with van der Waals surface area (Å²) in [6.45, 7) is 4.11. The third-order valence-corrected chi connectivity index (χ3v) is 7.70. The molecule has 3 rings (SSSR count). The average Bonchev–Trinajstić information content (AvgIpc) is 3.14. The second-order valence-corrected chi connectivity index (χ2v) is 11.2. The zero-order chi connectivity index (χ0) is 25.7. The summed E-state index contributed by atoms with van der Waals surface area (Å²) < 4.78 is 2.53. The van der Waals surface area contributed by atoms with Gasteiger partial charge in [0.05, 0.1) is 27.4 Å². The molecule has 0 aliphatic heterocycles. The molecule has 0 fully saturated rings. The molecule has 0 spiro atoms. The molecule has 1 aromatic heterocycles. The van der Waals surface area contributed by atoms with E-state index in [2.05, 4.69) is 50.6 Å². The third kappa shape index (κ3) is 7.60. The van der Waals surface area contributed by atoms with E-state index in [-0.39, 0.29) is 28.5 Å². The van der Waals surface area contributed by atoms with Crippen molar-refractivity contribution in [1.29, 1.82) is 0 Å². The van der Waals surface area contributed by atoms with Crippen LogP contribution < -0.4 is 10.6 Å². The molecule has 0 aliphatic carbocycles. The molecule has 2 amide bonds. The smallest absolute Gasteiger partial charge is 0.253 e. The Morgan fingerprint density at radius 3 is 2.49 bits per heavy atom. The second-order valence-electron chi connectivity index (χ2n) is 8.15. The van der Waals surface area contributed by atoms with Gasteiger partial charge in [-0.25, -0.2) is 0 Å². The van der Waals surface area contributed by atoms with Gasteiger partial charge in [-0.1, -0.05) is 60.4 Å². The molecule has 2 aromatic carbocycles. The molecular weight excluding hydrogens is 597 g/mol. The van der Waals surface area contributed by atoms with Crippen LogP contribution in [-0.4, -0.2) is 32.3 Å². The van der Waals surface area contributed by atoms with Gasteiger partial charge in [0.1, 0.15) is 0 Å². The molecule has 0 bridgehead atoms. The summed E-state index contributed by atoms with van der Waals surface area (Å²) in [5.74, 6) is 0.447. The molecular formula is C23H23BrCl3N5O2S. The van der Waals surface area contributed by atoms with Crippen molar-refractivity contribution >= 4 is 80.0 Å². The van der Waals surface area contributed by atoms with Crippen LogP contribution in [0.15, 0.2) is 46.0 Å². The Morgan fingerprint density at radius 2 is 1.83 bits per heavy atom. The number of amides is 2. The van der Waals surface area contributed by atoms with Gasteiger partial charge < -0.3 is 15.2 Å². The highest BCUT2D eigenvalue weighted by Crippen LogP contribution is 2.27. The molecule has 0 saturated heterocycles. The van der Waals surface area contributed by atoms with Crippen LogP contribution in [0, 0.1) is 5.92 Å². The molecule has 35 heavy (non-hydrogen) atoms. The van der Waals surface area contributed by atoms with Crippen LogP contribution in [0.2, 0.25) is 15.1 Å². The maximum Gasteiger partial charge on any atom is 0.253 e. The van der Waals surface area contributed by atoms with E-state index >= 15 is 0 Å². The summed E-state index contributed by atoms with van der Waals surface area (Å²) in [4.78, 5) is 25.3. The topological polar surface area (TPSA) is 88.9 Å². The second kappa shape index (κ2) is 12.5. The predicted octanol–water partition coefficient (Wildman–Crippen LogP) is 6.79. The highest BCUT2D eigenvalue weighted by atomic mass is 79.9. The minimum atomic E-state index is -0.403. The lowest BCUT2D eigenvalue weighted by atomic mass is 10.0. The number of carbonyl (C=O) groups excluding carboxylic acids is 2. The van der Waals surface area contributed by atoms with Gasteiger partial charge >= 0.3 is 0 Å². The molecule has 3 aromatic rings. The molecule has 12 heteroatoms. The number of benzene rings is 2. The number of hydrogen-bond donors (Lipinski definition) is 2. The van der Waals surface area contributed by atoms with Crippen molar-refractivity contribution in [2.45, 2.75) is 31.5 Å². The maximum atomic E-state index is 12.9. The minimum absolute atomic E-state index is 0.126. The van der Waals surface area contributed by atoms with Crippen molar-refractivity contribution in [2.75, 3.05) is 11.1 Å². The van der Waals surface area contributed by atoms with Crippen LogP contribution in [0.5, 0.6) is 0 Å². The van der Waals surface area contributed by atoms with Crippen LogP contribution >= 0.6 is 62.5 Å². The van der Waals surface area contributed by atoms with Gasteiger partial charge in [-0.3, -0.25) is 9.59 Å². The predicted molar refractivity (Wildman–Crippen MR) is 146 cm³/mol.